The molecule has 3 aromatic rings. The number of pyridine rings is 1. The van der Waals surface area contributed by atoms with Crippen LogP contribution in [0.5, 0.6) is 5.75 Å². The summed E-state index contributed by atoms with van der Waals surface area (Å²) in [5, 5.41) is 4.50. The van der Waals surface area contributed by atoms with Gasteiger partial charge in [0.05, 0.1) is 7.11 Å². The monoisotopic (exact) mass is 299 g/mol. The zero-order chi connectivity index (χ0) is 13.9. The number of ether oxygens (including phenoxy) is 1. The van der Waals surface area contributed by atoms with Crippen LogP contribution in [0.2, 0.25) is 0 Å². The molecule has 0 aliphatic carbocycles. The number of nitrogens with one attached hydrogen (secondary N) is 1. The minimum absolute atomic E-state index is 0. The fourth-order valence-electron chi connectivity index (χ4n) is 2.30. The Hall–Kier alpha value is -2.26. The van der Waals surface area contributed by atoms with Crippen molar-refractivity contribution in [1.29, 1.82) is 0 Å². The molecule has 1 aromatic heterocycles. The van der Waals surface area contributed by atoms with Crippen LogP contribution < -0.4 is 22.5 Å². The zero-order valence-electron chi connectivity index (χ0n) is 11.9. The number of methoxy groups -OCH3 is 1. The van der Waals surface area contributed by atoms with Gasteiger partial charge in [-0.05, 0) is 31.2 Å². The van der Waals surface area contributed by atoms with Crippen LogP contribution in [-0.2, 0) is 0 Å². The second-order valence-electron chi connectivity index (χ2n) is 4.66. The third-order valence-electron chi connectivity index (χ3n) is 3.20. The molecule has 0 unspecified atom stereocenters. The van der Waals surface area contributed by atoms with Crippen molar-refractivity contribution in [3.63, 3.8) is 0 Å². The normalized spacial score (nSPS) is 10.0. The summed E-state index contributed by atoms with van der Waals surface area (Å²) >= 11 is 0. The third-order valence-corrected chi connectivity index (χ3v) is 3.20. The number of anilines is 2. The van der Waals surface area contributed by atoms with E-state index in [0.717, 1.165) is 33.7 Å². The zero-order valence-corrected chi connectivity index (χ0v) is 12.7. The van der Waals surface area contributed by atoms with Crippen molar-refractivity contribution in [3.05, 3.63) is 60.3 Å². The van der Waals surface area contributed by atoms with Gasteiger partial charge >= 0.3 is 0 Å². The van der Waals surface area contributed by atoms with E-state index >= 15 is 0 Å². The number of benzene rings is 2. The Morgan fingerprint density at radius 2 is 1.76 bits per heavy atom. The first-order valence-corrected chi connectivity index (χ1v) is 6.54. The molecule has 0 aliphatic rings. The van der Waals surface area contributed by atoms with Gasteiger partial charge in [0.25, 0.3) is 0 Å². The van der Waals surface area contributed by atoms with Gasteiger partial charge in [0.15, 0.2) is 0 Å². The van der Waals surface area contributed by atoms with Crippen LogP contribution >= 0.6 is 0 Å². The average molecular weight is 300 g/mol. The highest BCUT2D eigenvalue weighted by Gasteiger charge is 2.08. The first-order valence-electron chi connectivity index (χ1n) is 6.54. The van der Waals surface area contributed by atoms with Gasteiger partial charge in [-0.15, -0.1) is 0 Å². The maximum atomic E-state index is 5.40. The number of aromatic nitrogens is 1. The van der Waals surface area contributed by atoms with Crippen molar-refractivity contribution in [1.82, 2.24) is 4.98 Å². The Bertz CT molecular complexity index is 744. The Labute approximate surface area is 130 Å². The number of rotatable bonds is 3. The Balaban J connectivity index is 0.00000161. The summed E-state index contributed by atoms with van der Waals surface area (Å²) in [7, 11) is 1.67. The van der Waals surface area contributed by atoms with E-state index in [1.165, 1.54) is 0 Å². The predicted molar refractivity (Wildman–Crippen MR) is 82.8 cm³/mol. The molecule has 3 nitrogen and oxygen atoms in total. The number of hydrogen-bond donors (Lipinski definition) is 1. The number of hydrogen-bond acceptors (Lipinski definition) is 3. The first-order chi connectivity index (χ1) is 9.78. The fraction of sp³-hybridized carbons (Fsp3) is 0.118. The SMILES string of the molecule is COc1cccc2c(Nc3ccccc3)cc(C)nc12.[Cl-]. The fourth-order valence-corrected chi connectivity index (χ4v) is 2.30. The molecule has 0 aliphatic heterocycles. The number of para-hydroxylation sites is 2. The molecule has 1 N–H and O–H groups in total. The summed E-state index contributed by atoms with van der Waals surface area (Å²) in [6.45, 7) is 1.99. The molecule has 0 amide bonds. The smallest absolute Gasteiger partial charge is 0.145 e. The number of aryl methyl sites for hydroxylation is 1. The number of halogens is 1. The molecule has 0 saturated heterocycles. The molecule has 108 valence electrons. The average Bonchev–Trinajstić information content (AvgIpc) is 2.47. The van der Waals surface area contributed by atoms with E-state index in [1.807, 2.05) is 49.4 Å². The van der Waals surface area contributed by atoms with E-state index < -0.39 is 0 Å². The Morgan fingerprint density at radius 3 is 2.48 bits per heavy atom. The van der Waals surface area contributed by atoms with Gasteiger partial charge in [0, 0.05) is 22.5 Å². The first kappa shape index (κ1) is 15.1. The molecule has 0 radical (unpaired) electrons. The molecule has 3 rings (SSSR count). The summed E-state index contributed by atoms with van der Waals surface area (Å²) in [5.74, 6) is 0.794. The van der Waals surface area contributed by atoms with E-state index in [4.69, 9.17) is 4.74 Å². The molecule has 2 aromatic carbocycles. The van der Waals surface area contributed by atoms with Gasteiger partial charge in [-0.2, -0.15) is 0 Å². The number of fused-ring (bicyclic) bond motifs is 1. The summed E-state index contributed by atoms with van der Waals surface area (Å²) in [6, 6.07) is 18.1. The molecular weight excluding hydrogens is 284 g/mol. The molecule has 21 heavy (non-hydrogen) atoms. The van der Waals surface area contributed by atoms with Crippen LogP contribution in [0.15, 0.2) is 54.6 Å². The highest BCUT2D eigenvalue weighted by atomic mass is 35.5. The second kappa shape index (κ2) is 6.46. The Morgan fingerprint density at radius 1 is 1.00 bits per heavy atom. The lowest BCUT2D eigenvalue weighted by molar-refractivity contribution is -0.00000437. The van der Waals surface area contributed by atoms with Gasteiger partial charge in [-0.25, -0.2) is 4.98 Å². The minimum Gasteiger partial charge on any atom is -1.00 e. The summed E-state index contributed by atoms with van der Waals surface area (Å²) in [5.41, 5.74) is 3.94. The van der Waals surface area contributed by atoms with E-state index in [9.17, 15) is 0 Å². The van der Waals surface area contributed by atoms with Crippen molar-refractivity contribution < 1.29 is 17.1 Å². The molecule has 0 spiro atoms. The highest BCUT2D eigenvalue weighted by Crippen LogP contribution is 2.31. The van der Waals surface area contributed by atoms with Crippen molar-refractivity contribution in [2.24, 2.45) is 0 Å². The van der Waals surface area contributed by atoms with E-state index in [-0.39, 0.29) is 12.4 Å². The van der Waals surface area contributed by atoms with E-state index in [1.54, 1.807) is 7.11 Å². The van der Waals surface area contributed by atoms with Crippen LogP contribution in [0.4, 0.5) is 11.4 Å². The lowest BCUT2D eigenvalue weighted by atomic mass is 10.1. The van der Waals surface area contributed by atoms with Crippen molar-refractivity contribution in [2.45, 2.75) is 6.92 Å². The standard InChI is InChI=1S/C17H16N2O.ClH/c1-12-11-15(19-13-7-4-3-5-8-13)14-9-6-10-16(20-2)17(14)18-12;/h3-11H,1-2H3,(H,18,19);1H/p-1. The Kier molecular flexibility index (Phi) is 4.66. The predicted octanol–water partition coefficient (Wildman–Crippen LogP) is 1.30. The maximum absolute atomic E-state index is 5.40. The molecule has 0 fully saturated rings. The van der Waals surface area contributed by atoms with Gasteiger partial charge in [-0.3, -0.25) is 0 Å². The molecule has 0 atom stereocenters. The molecule has 0 saturated carbocycles. The minimum atomic E-state index is 0. The van der Waals surface area contributed by atoms with Crippen LogP contribution in [-0.4, -0.2) is 12.1 Å². The van der Waals surface area contributed by atoms with Crippen LogP contribution in [0, 0.1) is 6.92 Å². The highest BCUT2D eigenvalue weighted by molar-refractivity contribution is 5.96. The molecular formula is C17H16ClN2O-. The lowest BCUT2D eigenvalue weighted by Gasteiger charge is -2.12. The van der Waals surface area contributed by atoms with Crippen LogP contribution in [0.3, 0.4) is 0 Å². The maximum Gasteiger partial charge on any atom is 0.145 e. The summed E-state index contributed by atoms with van der Waals surface area (Å²) in [4.78, 5) is 4.58. The third kappa shape index (κ3) is 3.09. The largest absolute Gasteiger partial charge is 1.00 e. The lowest BCUT2D eigenvalue weighted by Crippen LogP contribution is -3.00. The molecule has 0 bridgehead atoms. The van der Waals surface area contributed by atoms with Crippen molar-refractivity contribution in [2.75, 3.05) is 12.4 Å². The van der Waals surface area contributed by atoms with E-state index in [0.29, 0.717) is 0 Å². The molecule has 4 heteroatoms. The van der Waals surface area contributed by atoms with Crippen LogP contribution in [0.1, 0.15) is 5.69 Å². The van der Waals surface area contributed by atoms with Crippen molar-refractivity contribution >= 4 is 22.3 Å². The molecule has 1 heterocycles. The summed E-state index contributed by atoms with van der Waals surface area (Å²) < 4.78 is 5.40. The van der Waals surface area contributed by atoms with Gasteiger partial charge in [-0.1, -0.05) is 30.3 Å². The summed E-state index contributed by atoms with van der Waals surface area (Å²) in [6.07, 6.45) is 0. The quantitative estimate of drug-likeness (QED) is 0.791. The van der Waals surface area contributed by atoms with Gasteiger partial charge in [0.2, 0.25) is 0 Å². The van der Waals surface area contributed by atoms with Gasteiger partial charge in [0.1, 0.15) is 11.3 Å². The topological polar surface area (TPSA) is 34.1 Å². The van der Waals surface area contributed by atoms with Crippen molar-refractivity contribution in [3.8, 4) is 5.75 Å². The number of nitrogens with zero attached hydrogens (tertiary/aromatic N) is 1. The van der Waals surface area contributed by atoms with E-state index in [2.05, 4.69) is 22.4 Å². The van der Waals surface area contributed by atoms with Crippen LogP contribution in [0.25, 0.3) is 10.9 Å². The second-order valence-corrected chi connectivity index (χ2v) is 4.66. The van der Waals surface area contributed by atoms with Gasteiger partial charge < -0.3 is 22.5 Å².